The fourth-order valence-corrected chi connectivity index (χ4v) is 2.68. The van der Waals surface area contributed by atoms with Crippen molar-refractivity contribution in [2.45, 2.75) is 13.3 Å². The lowest BCUT2D eigenvalue weighted by molar-refractivity contribution is -0.384. The molecule has 0 spiro atoms. The standard InChI is InChI=1S/C12H10N4O2S/c1-2-11-14-15-7-9(13-12(15)19-11)8-5-3-4-6-10(8)16(17)18/h3-7H,2H2,1H3. The molecule has 96 valence electrons. The lowest BCUT2D eigenvalue weighted by Crippen LogP contribution is -1.91. The largest absolute Gasteiger partial charge is 0.278 e. The van der Waals surface area contributed by atoms with E-state index in [0.717, 1.165) is 16.4 Å². The predicted octanol–water partition coefficient (Wildman–Crippen LogP) is 2.93. The van der Waals surface area contributed by atoms with Crippen LogP contribution in [0.5, 0.6) is 0 Å². The number of nitrogens with zero attached hydrogens (tertiary/aromatic N) is 4. The maximum Gasteiger partial charge on any atom is 0.278 e. The van der Waals surface area contributed by atoms with E-state index in [1.807, 2.05) is 6.92 Å². The molecular weight excluding hydrogens is 264 g/mol. The van der Waals surface area contributed by atoms with E-state index < -0.39 is 4.92 Å². The van der Waals surface area contributed by atoms with Gasteiger partial charge in [0.05, 0.1) is 22.4 Å². The first-order valence-corrected chi connectivity index (χ1v) is 6.59. The van der Waals surface area contributed by atoms with Gasteiger partial charge in [-0.15, -0.1) is 0 Å². The molecule has 0 fully saturated rings. The average molecular weight is 274 g/mol. The predicted molar refractivity (Wildman–Crippen MR) is 72.3 cm³/mol. The molecule has 3 aromatic rings. The third kappa shape index (κ3) is 1.97. The van der Waals surface area contributed by atoms with Crippen molar-refractivity contribution in [3.63, 3.8) is 0 Å². The highest BCUT2D eigenvalue weighted by molar-refractivity contribution is 7.16. The maximum atomic E-state index is 11.0. The van der Waals surface area contributed by atoms with Crippen molar-refractivity contribution in [3.05, 3.63) is 45.6 Å². The van der Waals surface area contributed by atoms with Gasteiger partial charge in [0.1, 0.15) is 5.01 Å². The van der Waals surface area contributed by atoms with Crippen LogP contribution in [0.1, 0.15) is 11.9 Å². The van der Waals surface area contributed by atoms with Gasteiger partial charge in [-0.2, -0.15) is 5.10 Å². The first-order valence-electron chi connectivity index (χ1n) is 5.78. The van der Waals surface area contributed by atoms with Crippen LogP contribution >= 0.6 is 11.3 Å². The monoisotopic (exact) mass is 274 g/mol. The number of benzene rings is 1. The third-order valence-electron chi connectivity index (χ3n) is 2.76. The van der Waals surface area contributed by atoms with E-state index in [1.165, 1.54) is 17.4 Å². The minimum atomic E-state index is -0.395. The lowest BCUT2D eigenvalue weighted by Gasteiger charge is -1.97. The molecule has 19 heavy (non-hydrogen) atoms. The summed E-state index contributed by atoms with van der Waals surface area (Å²) >= 11 is 1.50. The maximum absolute atomic E-state index is 11.0. The van der Waals surface area contributed by atoms with Crippen LogP contribution in [0.2, 0.25) is 0 Å². The Bertz CT molecular complexity index is 731. The van der Waals surface area contributed by atoms with Crippen LogP contribution in [-0.2, 0) is 6.42 Å². The lowest BCUT2D eigenvalue weighted by atomic mass is 10.1. The molecule has 0 aliphatic carbocycles. The molecular formula is C12H10N4O2S. The van der Waals surface area contributed by atoms with Crippen LogP contribution in [0, 0.1) is 10.1 Å². The molecule has 0 unspecified atom stereocenters. The first-order chi connectivity index (χ1) is 9.19. The minimum Gasteiger partial charge on any atom is -0.258 e. The van der Waals surface area contributed by atoms with Crippen LogP contribution in [0.25, 0.3) is 16.2 Å². The Morgan fingerprint density at radius 1 is 1.42 bits per heavy atom. The molecule has 0 aliphatic heterocycles. The van der Waals surface area contributed by atoms with Crippen LogP contribution in [-0.4, -0.2) is 19.5 Å². The molecule has 1 aromatic carbocycles. The molecule has 0 bridgehead atoms. The number of fused-ring (bicyclic) bond motifs is 1. The number of aryl methyl sites for hydroxylation is 1. The second kappa shape index (κ2) is 4.43. The summed E-state index contributed by atoms with van der Waals surface area (Å²) in [5, 5.41) is 16.4. The van der Waals surface area contributed by atoms with Crippen molar-refractivity contribution in [1.29, 1.82) is 0 Å². The van der Waals surface area contributed by atoms with Gasteiger partial charge in [0.2, 0.25) is 4.96 Å². The van der Waals surface area contributed by atoms with E-state index in [2.05, 4.69) is 10.1 Å². The van der Waals surface area contributed by atoms with Crippen LogP contribution in [0.3, 0.4) is 0 Å². The molecule has 3 rings (SSSR count). The number of para-hydroxylation sites is 1. The highest BCUT2D eigenvalue weighted by atomic mass is 32.1. The molecule has 2 aromatic heterocycles. The number of rotatable bonds is 3. The van der Waals surface area contributed by atoms with Crippen molar-refractivity contribution in [1.82, 2.24) is 14.6 Å². The highest BCUT2D eigenvalue weighted by Gasteiger charge is 2.17. The summed E-state index contributed by atoms with van der Waals surface area (Å²) in [5.41, 5.74) is 1.15. The van der Waals surface area contributed by atoms with Gasteiger partial charge in [-0.05, 0) is 12.5 Å². The van der Waals surface area contributed by atoms with Crippen molar-refractivity contribution in [2.75, 3.05) is 0 Å². The Balaban J connectivity index is 2.14. The zero-order chi connectivity index (χ0) is 13.4. The smallest absolute Gasteiger partial charge is 0.258 e. The second-order valence-corrected chi connectivity index (χ2v) is 5.02. The molecule has 2 heterocycles. The quantitative estimate of drug-likeness (QED) is 0.543. The molecule has 0 N–H and O–H groups in total. The molecule has 0 radical (unpaired) electrons. The Labute approximate surface area is 112 Å². The summed E-state index contributed by atoms with van der Waals surface area (Å²) in [6.45, 7) is 2.03. The molecule has 7 heteroatoms. The Morgan fingerprint density at radius 3 is 2.89 bits per heavy atom. The average Bonchev–Trinajstić information content (AvgIpc) is 2.96. The van der Waals surface area contributed by atoms with Gasteiger partial charge in [-0.3, -0.25) is 10.1 Å². The SMILES string of the molecule is CCc1nn2cc(-c3ccccc3[N+](=O)[O-])nc2s1. The van der Waals surface area contributed by atoms with Gasteiger partial charge < -0.3 is 0 Å². The third-order valence-corrected chi connectivity index (χ3v) is 3.83. The van der Waals surface area contributed by atoms with Gasteiger partial charge in [0, 0.05) is 6.07 Å². The fourth-order valence-electron chi connectivity index (χ4n) is 1.86. The molecule has 6 nitrogen and oxygen atoms in total. The summed E-state index contributed by atoms with van der Waals surface area (Å²) < 4.78 is 1.68. The van der Waals surface area contributed by atoms with E-state index in [-0.39, 0.29) is 5.69 Å². The molecule has 0 saturated heterocycles. The molecule has 0 amide bonds. The van der Waals surface area contributed by atoms with E-state index in [1.54, 1.807) is 28.9 Å². The van der Waals surface area contributed by atoms with Gasteiger partial charge in [0.25, 0.3) is 5.69 Å². The highest BCUT2D eigenvalue weighted by Crippen LogP contribution is 2.29. The van der Waals surface area contributed by atoms with Gasteiger partial charge in [0.15, 0.2) is 0 Å². The Hall–Kier alpha value is -2.28. The molecule has 0 aliphatic rings. The van der Waals surface area contributed by atoms with Crippen LogP contribution in [0.4, 0.5) is 5.69 Å². The summed E-state index contributed by atoms with van der Waals surface area (Å²) in [6, 6.07) is 6.59. The summed E-state index contributed by atoms with van der Waals surface area (Å²) in [4.78, 5) is 15.8. The zero-order valence-electron chi connectivity index (χ0n) is 10.1. The zero-order valence-corrected chi connectivity index (χ0v) is 10.9. The second-order valence-electron chi connectivity index (χ2n) is 3.98. The van der Waals surface area contributed by atoms with Crippen molar-refractivity contribution in [3.8, 4) is 11.3 Å². The first kappa shape index (κ1) is 11.8. The molecule has 0 atom stereocenters. The van der Waals surface area contributed by atoms with Crippen molar-refractivity contribution >= 4 is 22.0 Å². The normalized spacial score (nSPS) is 11.0. The van der Waals surface area contributed by atoms with E-state index in [9.17, 15) is 10.1 Å². The van der Waals surface area contributed by atoms with Crippen LogP contribution in [0.15, 0.2) is 30.5 Å². The van der Waals surface area contributed by atoms with E-state index >= 15 is 0 Å². The fraction of sp³-hybridized carbons (Fsp3) is 0.167. The number of aromatic nitrogens is 3. The van der Waals surface area contributed by atoms with Crippen molar-refractivity contribution in [2.24, 2.45) is 0 Å². The number of hydrogen-bond acceptors (Lipinski definition) is 5. The summed E-state index contributed by atoms with van der Waals surface area (Å²) in [5.74, 6) is 0. The van der Waals surface area contributed by atoms with E-state index in [0.29, 0.717) is 11.3 Å². The summed E-state index contributed by atoms with van der Waals surface area (Å²) in [6.07, 6.45) is 2.59. The van der Waals surface area contributed by atoms with Gasteiger partial charge in [-0.1, -0.05) is 30.4 Å². The van der Waals surface area contributed by atoms with E-state index in [4.69, 9.17) is 0 Å². The van der Waals surface area contributed by atoms with Gasteiger partial charge in [-0.25, -0.2) is 9.50 Å². The van der Waals surface area contributed by atoms with Crippen molar-refractivity contribution < 1.29 is 4.92 Å². The minimum absolute atomic E-state index is 0.0592. The molecule has 0 saturated carbocycles. The van der Waals surface area contributed by atoms with Gasteiger partial charge >= 0.3 is 0 Å². The summed E-state index contributed by atoms with van der Waals surface area (Å²) in [7, 11) is 0. The number of imidazole rings is 1. The Kier molecular flexibility index (Phi) is 2.75. The van der Waals surface area contributed by atoms with Crippen LogP contribution < -0.4 is 0 Å². The Morgan fingerprint density at radius 2 is 2.21 bits per heavy atom. The number of nitro groups is 1. The topological polar surface area (TPSA) is 73.3 Å². The number of nitro benzene ring substituents is 1. The number of hydrogen-bond donors (Lipinski definition) is 0.